The molecule has 0 aliphatic rings. The number of unbranched alkanes of at least 4 members (excludes halogenated alkanes) is 14. The predicted octanol–water partition coefficient (Wildman–Crippen LogP) is 5.71. The molecule has 0 fully saturated rings. The Labute approximate surface area is 157 Å². The zero-order chi connectivity index (χ0) is 18.8. The predicted molar refractivity (Wildman–Crippen MR) is 110 cm³/mol. The molecular weight excluding hydrogens is 310 g/mol. The summed E-state index contributed by atoms with van der Waals surface area (Å²) >= 11 is 0. The standard InChI is InChI=1S/C22H47NO2/c1-3-4-5-6-7-8-9-10-11-12-13-14-15-16-17-18-21(24)19-22(25)20(2)23/h20-22,24-25H,3-19,23H2,1-2H3/t20?,21-,22-/m1/s1. The molecule has 0 aromatic rings. The lowest BCUT2D eigenvalue weighted by atomic mass is 10.0. The van der Waals surface area contributed by atoms with Gasteiger partial charge in [0.2, 0.25) is 0 Å². The van der Waals surface area contributed by atoms with E-state index in [1.54, 1.807) is 6.92 Å². The van der Waals surface area contributed by atoms with Gasteiger partial charge in [0.1, 0.15) is 0 Å². The Morgan fingerprint density at radius 1 is 0.640 bits per heavy atom. The van der Waals surface area contributed by atoms with E-state index >= 15 is 0 Å². The maximum Gasteiger partial charge on any atom is 0.0712 e. The molecule has 4 N–H and O–H groups in total. The van der Waals surface area contributed by atoms with Crippen LogP contribution in [0.4, 0.5) is 0 Å². The quantitative estimate of drug-likeness (QED) is 0.259. The van der Waals surface area contributed by atoms with Gasteiger partial charge in [0.25, 0.3) is 0 Å². The molecule has 3 heteroatoms. The summed E-state index contributed by atoms with van der Waals surface area (Å²) in [6, 6.07) is -0.254. The molecular formula is C22H47NO2. The fraction of sp³-hybridized carbons (Fsp3) is 1.00. The highest BCUT2D eigenvalue weighted by Gasteiger charge is 2.14. The molecule has 0 bridgehead atoms. The monoisotopic (exact) mass is 357 g/mol. The largest absolute Gasteiger partial charge is 0.393 e. The smallest absolute Gasteiger partial charge is 0.0712 e. The van der Waals surface area contributed by atoms with Crippen molar-refractivity contribution in [2.45, 2.75) is 141 Å². The van der Waals surface area contributed by atoms with Crippen molar-refractivity contribution in [2.75, 3.05) is 0 Å². The van der Waals surface area contributed by atoms with Gasteiger partial charge >= 0.3 is 0 Å². The van der Waals surface area contributed by atoms with E-state index in [-0.39, 0.29) is 6.04 Å². The molecule has 0 aliphatic carbocycles. The zero-order valence-corrected chi connectivity index (χ0v) is 17.2. The second kappa shape index (κ2) is 18.7. The fourth-order valence-corrected chi connectivity index (χ4v) is 3.36. The first kappa shape index (κ1) is 24.9. The Morgan fingerprint density at radius 3 is 1.36 bits per heavy atom. The first-order chi connectivity index (χ1) is 12.1. The molecule has 3 atom stereocenters. The van der Waals surface area contributed by atoms with Gasteiger partial charge in [0, 0.05) is 12.5 Å². The van der Waals surface area contributed by atoms with Gasteiger partial charge in [-0.2, -0.15) is 0 Å². The molecule has 3 nitrogen and oxygen atoms in total. The number of nitrogens with two attached hydrogens (primary N) is 1. The van der Waals surface area contributed by atoms with Crippen LogP contribution in [0.25, 0.3) is 0 Å². The van der Waals surface area contributed by atoms with E-state index in [1.165, 1.54) is 89.9 Å². The minimum Gasteiger partial charge on any atom is -0.393 e. The average Bonchev–Trinajstić information content (AvgIpc) is 2.58. The third-order valence-corrected chi connectivity index (χ3v) is 5.26. The van der Waals surface area contributed by atoms with Crippen molar-refractivity contribution in [3.8, 4) is 0 Å². The molecule has 0 heterocycles. The van der Waals surface area contributed by atoms with Crippen LogP contribution >= 0.6 is 0 Å². The van der Waals surface area contributed by atoms with Crippen molar-refractivity contribution in [3.05, 3.63) is 0 Å². The second-order valence-corrected chi connectivity index (χ2v) is 8.05. The highest BCUT2D eigenvalue weighted by Crippen LogP contribution is 2.15. The lowest BCUT2D eigenvalue weighted by molar-refractivity contribution is 0.0629. The van der Waals surface area contributed by atoms with Gasteiger partial charge in [-0.15, -0.1) is 0 Å². The van der Waals surface area contributed by atoms with Gasteiger partial charge in [-0.05, 0) is 13.3 Å². The van der Waals surface area contributed by atoms with Crippen LogP contribution in [-0.4, -0.2) is 28.5 Å². The SMILES string of the molecule is CCCCCCCCCCCCCCCCC[C@@H](O)C[C@@H](O)C(C)N. The van der Waals surface area contributed by atoms with Crippen LogP contribution in [0.2, 0.25) is 0 Å². The summed E-state index contributed by atoms with van der Waals surface area (Å²) < 4.78 is 0. The van der Waals surface area contributed by atoms with E-state index in [1.807, 2.05) is 0 Å². The number of aliphatic hydroxyl groups is 2. The summed E-state index contributed by atoms with van der Waals surface area (Å²) in [5.41, 5.74) is 5.61. The van der Waals surface area contributed by atoms with E-state index in [0.29, 0.717) is 6.42 Å². The molecule has 0 radical (unpaired) electrons. The number of hydrogen-bond donors (Lipinski definition) is 3. The van der Waals surface area contributed by atoms with Crippen LogP contribution in [0.1, 0.15) is 123 Å². The van der Waals surface area contributed by atoms with Crippen molar-refractivity contribution in [1.82, 2.24) is 0 Å². The molecule has 0 aromatic heterocycles. The minimum absolute atomic E-state index is 0.254. The summed E-state index contributed by atoms with van der Waals surface area (Å²) in [4.78, 5) is 0. The van der Waals surface area contributed by atoms with Crippen LogP contribution in [-0.2, 0) is 0 Å². The van der Waals surface area contributed by atoms with Crippen molar-refractivity contribution in [1.29, 1.82) is 0 Å². The first-order valence-corrected chi connectivity index (χ1v) is 11.2. The normalized spacial score (nSPS) is 15.2. The van der Waals surface area contributed by atoms with Gasteiger partial charge in [-0.25, -0.2) is 0 Å². The number of rotatable bonds is 19. The summed E-state index contributed by atoms with van der Waals surface area (Å²) in [5.74, 6) is 0. The van der Waals surface area contributed by atoms with Gasteiger partial charge in [-0.3, -0.25) is 0 Å². The molecule has 0 amide bonds. The average molecular weight is 358 g/mol. The van der Waals surface area contributed by atoms with Gasteiger partial charge in [-0.1, -0.05) is 103 Å². The Hall–Kier alpha value is -0.120. The molecule has 0 aliphatic heterocycles. The third kappa shape index (κ3) is 18.5. The van der Waals surface area contributed by atoms with E-state index in [0.717, 1.165) is 12.8 Å². The summed E-state index contributed by atoms with van der Waals surface area (Å²) in [5, 5.41) is 19.5. The molecule has 25 heavy (non-hydrogen) atoms. The lowest BCUT2D eigenvalue weighted by Crippen LogP contribution is -2.34. The first-order valence-electron chi connectivity index (χ1n) is 11.2. The van der Waals surface area contributed by atoms with E-state index in [2.05, 4.69) is 6.92 Å². The van der Waals surface area contributed by atoms with Crippen molar-refractivity contribution in [3.63, 3.8) is 0 Å². The Morgan fingerprint density at radius 2 is 1.00 bits per heavy atom. The maximum atomic E-state index is 9.86. The van der Waals surface area contributed by atoms with E-state index in [9.17, 15) is 10.2 Å². The number of hydrogen-bond acceptors (Lipinski definition) is 3. The fourth-order valence-electron chi connectivity index (χ4n) is 3.36. The second-order valence-electron chi connectivity index (χ2n) is 8.05. The maximum absolute atomic E-state index is 9.86. The molecule has 0 aromatic carbocycles. The molecule has 0 saturated heterocycles. The Bertz CT molecular complexity index is 258. The highest BCUT2D eigenvalue weighted by atomic mass is 16.3. The van der Waals surface area contributed by atoms with Crippen molar-refractivity contribution < 1.29 is 10.2 Å². The molecule has 1 unspecified atom stereocenters. The molecule has 0 spiro atoms. The van der Waals surface area contributed by atoms with Gasteiger partial charge in [0.05, 0.1) is 12.2 Å². The summed E-state index contributed by atoms with van der Waals surface area (Å²) in [6.45, 7) is 4.06. The summed E-state index contributed by atoms with van der Waals surface area (Å²) in [7, 11) is 0. The minimum atomic E-state index is -0.577. The van der Waals surface area contributed by atoms with Crippen LogP contribution < -0.4 is 5.73 Å². The zero-order valence-electron chi connectivity index (χ0n) is 17.2. The lowest BCUT2D eigenvalue weighted by Gasteiger charge is -2.18. The topological polar surface area (TPSA) is 66.5 Å². The molecule has 0 rings (SSSR count). The third-order valence-electron chi connectivity index (χ3n) is 5.26. The highest BCUT2D eigenvalue weighted by molar-refractivity contribution is 4.70. The van der Waals surface area contributed by atoms with Crippen LogP contribution in [0.3, 0.4) is 0 Å². The van der Waals surface area contributed by atoms with E-state index in [4.69, 9.17) is 5.73 Å². The van der Waals surface area contributed by atoms with Gasteiger partial charge < -0.3 is 15.9 Å². The number of aliphatic hydroxyl groups excluding tert-OH is 2. The van der Waals surface area contributed by atoms with Crippen molar-refractivity contribution >= 4 is 0 Å². The van der Waals surface area contributed by atoms with E-state index < -0.39 is 12.2 Å². The van der Waals surface area contributed by atoms with Crippen LogP contribution in [0.15, 0.2) is 0 Å². The Kier molecular flexibility index (Phi) is 18.6. The van der Waals surface area contributed by atoms with Gasteiger partial charge in [0.15, 0.2) is 0 Å². The van der Waals surface area contributed by atoms with Crippen molar-refractivity contribution in [2.24, 2.45) is 5.73 Å². The van der Waals surface area contributed by atoms with Crippen LogP contribution in [0.5, 0.6) is 0 Å². The molecule has 0 saturated carbocycles. The Balaban J connectivity index is 3.16. The molecule has 152 valence electrons. The van der Waals surface area contributed by atoms with Crippen LogP contribution in [0, 0.1) is 0 Å². The summed E-state index contributed by atoms with van der Waals surface area (Å²) in [6.07, 6.45) is 20.6.